The largest absolute Gasteiger partial charge is 0.480 e. The molecule has 4 nitrogen and oxygen atoms in total. The highest BCUT2D eigenvalue weighted by atomic mass is 19.1. The van der Waals surface area contributed by atoms with Crippen molar-refractivity contribution in [2.75, 3.05) is 0 Å². The van der Waals surface area contributed by atoms with Crippen molar-refractivity contribution < 1.29 is 19.1 Å². The molecule has 1 rings (SSSR count). The summed E-state index contributed by atoms with van der Waals surface area (Å²) in [6.07, 6.45) is 0.784. The van der Waals surface area contributed by atoms with Crippen LogP contribution < -0.4 is 5.32 Å². The van der Waals surface area contributed by atoms with Crippen molar-refractivity contribution in [1.82, 2.24) is 5.32 Å². The Kier molecular flexibility index (Phi) is 5.48. The van der Waals surface area contributed by atoms with Crippen molar-refractivity contribution in [1.29, 1.82) is 0 Å². The Morgan fingerprint density at radius 1 is 1.32 bits per heavy atom. The van der Waals surface area contributed by atoms with Crippen LogP contribution in [0, 0.1) is 11.7 Å². The van der Waals surface area contributed by atoms with Crippen LogP contribution in [0.3, 0.4) is 0 Å². The first-order chi connectivity index (χ1) is 8.93. The molecule has 0 heterocycles. The average molecular weight is 267 g/mol. The summed E-state index contributed by atoms with van der Waals surface area (Å²) in [6, 6.07) is 4.57. The number of carbonyl (C=O) groups excluding carboxylic acids is 1. The van der Waals surface area contributed by atoms with Crippen molar-refractivity contribution in [2.24, 2.45) is 5.92 Å². The van der Waals surface area contributed by atoms with Gasteiger partial charge in [-0.15, -0.1) is 0 Å². The van der Waals surface area contributed by atoms with E-state index in [4.69, 9.17) is 5.11 Å². The van der Waals surface area contributed by atoms with Gasteiger partial charge < -0.3 is 10.4 Å². The van der Waals surface area contributed by atoms with Gasteiger partial charge in [-0.3, -0.25) is 4.79 Å². The number of hydrogen-bond donors (Lipinski definition) is 2. The lowest BCUT2D eigenvalue weighted by Gasteiger charge is -2.17. The van der Waals surface area contributed by atoms with Gasteiger partial charge in [-0.1, -0.05) is 26.0 Å². The van der Waals surface area contributed by atoms with Crippen molar-refractivity contribution in [2.45, 2.75) is 32.7 Å². The van der Waals surface area contributed by atoms with Crippen LogP contribution in [-0.2, 0) is 16.0 Å². The van der Waals surface area contributed by atoms with E-state index in [0.29, 0.717) is 12.0 Å². The predicted octanol–water partition coefficient (Wildman–Crippen LogP) is 1.98. The smallest absolute Gasteiger partial charge is 0.326 e. The monoisotopic (exact) mass is 267 g/mol. The minimum Gasteiger partial charge on any atom is -0.480 e. The van der Waals surface area contributed by atoms with E-state index in [2.05, 4.69) is 5.32 Å². The maximum atomic E-state index is 12.8. The molecule has 0 aliphatic rings. The van der Waals surface area contributed by atoms with Crippen molar-refractivity contribution >= 4 is 11.9 Å². The molecule has 2 unspecified atom stereocenters. The highest BCUT2D eigenvalue weighted by Gasteiger charge is 2.22. The fourth-order valence-electron chi connectivity index (χ4n) is 1.56. The van der Waals surface area contributed by atoms with Crippen LogP contribution in [-0.4, -0.2) is 23.0 Å². The number of carbonyl (C=O) groups is 2. The van der Waals surface area contributed by atoms with E-state index >= 15 is 0 Å². The number of amides is 1. The zero-order valence-electron chi connectivity index (χ0n) is 11.0. The molecule has 19 heavy (non-hydrogen) atoms. The molecule has 0 spiro atoms. The number of halogens is 1. The molecule has 0 bridgehead atoms. The maximum absolute atomic E-state index is 12.8. The number of hydrogen-bond acceptors (Lipinski definition) is 2. The van der Waals surface area contributed by atoms with E-state index in [0.717, 1.165) is 0 Å². The Morgan fingerprint density at radius 2 is 1.89 bits per heavy atom. The third-order valence-corrected chi connectivity index (χ3v) is 3.03. The van der Waals surface area contributed by atoms with E-state index in [-0.39, 0.29) is 24.1 Å². The van der Waals surface area contributed by atoms with Crippen molar-refractivity contribution in [3.63, 3.8) is 0 Å². The summed E-state index contributed by atoms with van der Waals surface area (Å²) in [5.74, 6) is -1.98. The molecule has 5 heteroatoms. The first-order valence-electron chi connectivity index (χ1n) is 6.21. The lowest BCUT2D eigenvalue weighted by atomic mass is 10.0. The van der Waals surface area contributed by atoms with Crippen LogP contribution >= 0.6 is 0 Å². The molecule has 0 aliphatic carbocycles. The summed E-state index contributed by atoms with van der Waals surface area (Å²) in [5.41, 5.74) is 0.665. The molecule has 2 N–H and O–H groups in total. The van der Waals surface area contributed by atoms with Gasteiger partial charge >= 0.3 is 5.97 Å². The summed E-state index contributed by atoms with van der Waals surface area (Å²) in [7, 11) is 0. The number of aliphatic carboxylic acids is 1. The van der Waals surface area contributed by atoms with E-state index in [1.54, 1.807) is 6.92 Å². The molecule has 1 aromatic rings. The molecular formula is C14H18FNO3. The lowest BCUT2D eigenvalue weighted by Crippen LogP contribution is -2.44. The fourth-order valence-corrected chi connectivity index (χ4v) is 1.56. The molecule has 0 aromatic heterocycles. The Morgan fingerprint density at radius 3 is 2.37 bits per heavy atom. The molecule has 0 fully saturated rings. The zero-order chi connectivity index (χ0) is 14.4. The molecule has 0 saturated heterocycles. The van der Waals surface area contributed by atoms with E-state index in [1.165, 1.54) is 24.3 Å². The third kappa shape index (κ3) is 4.69. The van der Waals surface area contributed by atoms with Gasteiger partial charge in [-0.2, -0.15) is 0 Å². The molecule has 104 valence electrons. The van der Waals surface area contributed by atoms with E-state index in [9.17, 15) is 14.0 Å². The number of carboxylic acids is 1. The minimum atomic E-state index is -1.10. The summed E-state index contributed by atoms with van der Waals surface area (Å²) >= 11 is 0. The quantitative estimate of drug-likeness (QED) is 0.828. The second-order valence-corrected chi connectivity index (χ2v) is 4.54. The van der Waals surface area contributed by atoms with Crippen LogP contribution in [0.4, 0.5) is 4.39 Å². The lowest BCUT2D eigenvalue weighted by molar-refractivity contribution is -0.142. The fraction of sp³-hybridized carbons (Fsp3) is 0.429. The molecule has 0 aliphatic heterocycles. The van der Waals surface area contributed by atoms with Gasteiger partial charge in [0, 0.05) is 12.3 Å². The Balaban J connectivity index is 2.71. The molecule has 1 aromatic carbocycles. The van der Waals surface area contributed by atoms with Crippen LogP contribution in [0.25, 0.3) is 0 Å². The van der Waals surface area contributed by atoms with Gasteiger partial charge in [0.15, 0.2) is 0 Å². The van der Waals surface area contributed by atoms with E-state index in [1.807, 2.05) is 6.92 Å². The minimum absolute atomic E-state index is 0.137. The second-order valence-electron chi connectivity index (χ2n) is 4.54. The van der Waals surface area contributed by atoms with Gasteiger partial charge in [-0.05, 0) is 24.1 Å². The summed E-state index contributed by atoms with van der Waals surface area (Å²) in [5, 5.41) is 11.6. The highest BCUT2D eigenvalue weighted by molar-refractivity contribution is 5.84. The molecule has 0 radical (unpaired) electrons. The normalized spacial score (nSPS) is 13.6. The zero-order valence-corrected chi connectivity index (χ0v) is 11.0. The van der Waals surface area contributed by atoms with Crippen LogP contribution in [0.15, 0.2) is 24.3 Å². The molecule has 2 atom stereocenters. The van der Waals surface area contributed by atoms with Gasteiger partial charge in [0.25, 0.3) is 0 Å². The third-order valence-electron chi connectivity index (χ3n) is 3.03. The predicted molar refractivity (Wildman–Crippen MR) is 69.1 cm³/mol. The van der Waals surface area contributed by atoms with E-state index < -0.39 is 12.0 Å². The van der Waals surface area contributed by atoms with Crippen molar-refractivity contribution in [3.8, 4) is 0 Å². The number of rotatable bonds is 6. The molecular weight excluding hydrogens is 249 g/mol. The number of benzene rings is 1. The van der Waals surface area contributed by atoms with Crippen LogP contribution in [0.1, 0.15) is 25.8 Å². The summed E-state index contributed by atoms with van der Waals surface area (Å²) in [6.45, 7) is 3.60. The first-order valence-corrected chi connectivity index (χ1v) is 6.21. The Hall–Kier alpha value is -1.91. The van der Waals surface area contributed by atoms with Crippen LogP contribution in [0.5, 0.6) is 0 Å². The Bertz CT molecular complexity index is 445. The number of nitrogens with one attached hydrogen (secondary N) is 1. The molecule has 0 saturated carbocycles. The van der Waals surface area contributed by atoms with Gasteiger partial charge in [0.2, 0.25) is 5.91 Å². The van der Waals surface area contributed by atoms with Gasteiger partial charge in [0.05, 0.1) is 0 Å². The SMILES string of the molecule is CCC(C)C(=O)NC(Cc1ccc(F)cc1)C(=O)O. The standard InChI is InChI=1S/C14H18FNO3/c1-3-9(2)13(17)16-12(14(18)19)8-10-4-6-11(15)7-5-10/h4-7,9,12H,3,8H2,1-2H3,(H,16,17)(H,18,19). The molecule has 1 amide bonds. The Labute approximate surface area is 111 Å². The summed E-state index contributed by atoms with van der Waals surface area (Å²) in [4.78, 5) is 22.8. The highest BCUT2D eigenvalue weighted by Crippen LogP contribution is 2.08. The van der Waals surface area contributed by atoms with Crippen LogP contribution in [0.2, 0.25) is 0 Å². The average Bonchev–Trinajstić information content (AvgIpc) is 2.39. The maximum Gasteiger partial charge on any atom is 0.326 e. The second kappa shape index (κ2) is 6.87. The number of carboxylic acid groups (broad SMARTS) is 1. The topological polar surface area (TPSA) is 66.4 Å². The first kappa shape index (κ1) is 15.1. The van der Waals surface area contributed by atoms with Gasteiger partial charge in [0.1, 0.15) is 11.9 Å². The summed E-state index contributed by atoms with van der Waals surface area (Å²) < 4.78 is 12.8. The van der Waals surface area contributed by atoms with Gasteiger partial charge in [-0.25, -0.2) is 9.18 Å². The van der Waals surface area contributed by atoms with Crippen molar-refractivity contribution in [3.05, 3.63) is 35.6 Å².